The van der Waals surface area contributed by atoms with Crippen molar-refractivity contribution in [3.63, 3.8) is 0 Å². The van der Waals surface area contributed by atoms with Crippen LogP contribution in [0.2, 0.25) is 5.02 Å². The first-order valence-corrected chi connectivity index (χ1v) is 12.2. The molecule has 3 amide bonds. The lowest BCUT2D eigenvalue weighted by Gasteiger charge is -2.26. The highest BCUT2D eigenvalue weighted by atomic mass is 35.5. The zero-order valence-corrected chi connectivity index (χ0v) is 20.6. The number of anilines is 1. The molecule has 3 aromatic rings. The molecule has 8 nitrogen and oxygen atoms in total. The fourth-order valence-corrected chi connectivity index (χ4v) is 4.47. The number of nitrogens with one attached hydrogen (secondary N) is 2. The number of hydrogen-bond acceptors (Lipinski definition) is 4. The van der Waals surface area contributed by atoms with Gasteiger partial charge in [0.25, 0.3) is 5.91 Å². The summed E-state index contributed by atoms with van der Waals surface area (Å²) in [6, 6.07) is 20.7. The van der Waals surface area contributed by atoms with Crippen molar-refractivity contribution >= 4 is 41.0 Å². The molecule has 0 bridgehead atoms. The van der Waals surface area contributed by atoms with Gasteiger partial charge in [0.15, 0.2) is 0 Å². The molecular formula is C28H26ClN3O5. The highest BCUT2D eigenvalue weighted by Crippen LogP contribution is 2.23. The summed E-state index contributed by atoms with van der Waals surface area (Å²) in [5.41, 5.74) is 2.54. The number of benzene rings is 3. The van der Waals surface area contributed by atoms with E-state index in [1.165, 1.54) is 4.90 Å². The minimum atomic E-state index is -1.18. The first-order chi connectivity index (χ1) is 17.8. The Morgan fingerprint density at radius 1 is 0.973 bits per heavy atom. The highest BCUT2D eigenvalue weighted by molar-refractivity contribution is 6.30. The lowest BCUT2D eigenvalue weighted by molar-refractivity contribution is -0.143. The van der Waals surface area contributed by atoms with Crippen LogP contribution in [0.1, 0.15) is 34.3 Å². The monoisotopic (exact) mass is 519 g/mol. The van der Waals surface area contributed by atoms with Crippen LogP contribution >= 0.6 is 11.6 Å². The lowest BCUT2D eigenvalue weighted by Crippen LogP contribution is -2.50. The topological polar surface area (TPSA) is 116 Å². The third-order valence-corrected chi connectivity index (χ3v) is 6.41. The highest BCUT2D eigenvalue weighted by Gasteiger charge is 2.37. The van der Waals surface area contributed by atoms with Crippen molar-refractivity contribution in [3.05, 3.63) is 101 Å². The molecule has 9 heteroatoms. The van der Waals surface area contributed by atoms with E-state index in [9.17, 15) is 24.3 Å². The Morgan fingerprint density at radius 2 is 1.70 bits per heavy atom. The molecule has 0 aromatic heterocycles. The summed E-state index contributed by atoms with van der Waals surface area (Å²) in [4.78, 5) is 51.2. The molecule has 3 N–H and O–H groups in total. The Kier molecular flexibility index (Phi) is 8.20. The van der Waals surface area contributed by atoms with Gasteiger partial charge in [-0.3, -0.25) is 14.4 Å². The molecular weight excluding hydrogens is 494 g/mol. The second-order valence-corrected chi connectivity index (χ2v) is 9.26. The first kappa shape index (κ1) is 25.9. The van der Waals surface area contributed by atoms with Crippen molar-refractivity contribution in [1.82, 2.24) is 10.2 Å². The van der Waals surface area contributed by atoms with Gasteiger partial charge in [-0.25, -0.2) is 4.79 Å². The van der Waals surface area contributed by atoms with Crippen LogP contribution in [-0.4, -0.2) is 45.8 Å². The largest absolute Gasteiger partial charge is 0.480 e. The minimum Gasteiger partial charge on any atom is -0.480 e. The molecule has 1 aliphatic rings. The van der Waals surface area contributed by atoms with E-state index in [-0.39, 0.29) is 31.2 Å². The van der Waals surface area contributed by atoms with Gasteiger partial charge in [-0.05, 0) is 53.9 Å². The Balaban J connectivity index is 1.38. The number of carboxylic acid groups (broad SMARTS) is 1. The Hall–Kier alpha value is -4.17. The van der Waals surface area contributed by atoms with E-state index in [0.29, 0.717) is 28.3 Å². The molecule has 0 unspecified atom stereocenters. The summed E-state index contributed by atoms with van der Waals surface area (Å²) in [6.07, 6.45) is 0.572. The van der Waals surface area contributed by atoms with Crippen molar-refractivity contribution in [3.8, 4) is 0 Å². The quantitative estimate of drug-likeness (QED) is 0.396. The third kappa shape index (κ3) is 6.74. The standard InChI is InChI=1S/C28H26ClN3O5/c29-21-8-4-5-19(15-21)17-32-24(13-14-25(32)33)27(35)31-23(28(36)37)16-18-9-11-22(12-10-18)30-26(34)20-6-2-1-3-7-20/h1-12,15,23-24H,13-14,16-17H2,(H,30,34)(H,31,35)(H,36,37)/t23-,24-/m0/s1. The Morgan fingerprint density at radius 3 is 2.38 bits per heavy atom. The molecule has 1 fully saturated rings. The van der Waals surface area contributed by atoms with Crippen LogP contribution in [0.25, 0.3) is 0 Å². The van der Waals surface area contributed by atoms with Gasteiger partial charge in [-0.1, -0.05) is 54.1 Å². The average Bonchev–Trinajstić information content (AvgIpc) is 3.25. The second-order valence-electron chi connectivity index (χ2n) is 8.83. The fraction of sp³-hybridized carbons (Fsp3) is 0.214. The fourth-order valence-electron chi connectivity index (χ4n) is 4.26. The molecule has 2 atom stereocenters. The van der Waals surface area contributed by atoms with Crippen LogP contribution < -0.4 is 10.6 Å². The van der Waals surface area contributed by atoms with E-state index in [0.717, 1.165) is 5.56 Å². The van der Waals surface area contributed by atoms with Gasteiger partial charge in [0.2, 0.25) is 11.8 Å². The van der Waals surface area contributed by atoms with Crippen molar-refractivity contribution in [1.29, 1.82) is 0 Å². The van der Waals surface area contributed by atoms with Crippen molar-refractivity contribution in [2.45, 2.75) is 37.9 Å². The number of carbonyl (C=O) groups is 4. The van der Waals surface area contributed by atoms with E-state index >= 15 is 0 Å². The molecule has 0 spiro atoms. The Labute approximate surface area is 219 Å². The van der Waals surface area contributed by atoms with Crippen LogP contribution in [0, 0.1) is 0 Å². The van der Waals surface area contributed by atoms with Gasteiger partial charge < -0.3 is 20.6 Å². The maximum Gasteiger partial charge on any atom is 0.326 e. The molecule has 3 aromatic carbocycles. The van der Waals surface area contributed by atoms with Crippen molar-refractivity contribution < 1.29 is 24.3 Å². The molecule has 37 heavy (non-hydrogen) atoms. The van der Waals surface area contributed by atoms with Crippen LogP contribution in [0.4, 0.5) is 5.69 Å². The zero-order valence-electron chi connectivity index (χ0n) is 19.9. The predicted molar refractivity (Wildman–Crippen MR) is 139 cm³/mol. The van der Waals surface area contributed by atoms with Gasteiger partial charge >= 0.3 is 5.97 Å². The normalized spacial score (nSPS) is 15.8. The zero-order chi connectivity index (χ0) is 26.4. The first-order valence-electron chi connectivity index (χ1n) is 11.8. The molecule has 4 rings (SSSR count). The van der Waals surface area contributed by atoms with E-state index in [1.54, 1.807) is 66.7 Å². The molecule has 0 saturated carbocycles. The lowest BCUT2D eigenvalue weighted by atomic mass is 10.0. The minimum absolute atomic E-state index is 0.0446. The maximum absolute atomic E-state index is 13.0. The second kappa shape index (κ2) is 11.7. The SMILES string of the molecule is O=C(Nc1ccc(C[C@H](NC(=O)[C@@H]2CCC(=O)N2Cc2cccc(Cl)c2)C(=O)O)cc1)c1ccccc1. The maximum atomic E-state index is 13.0. The van der Waals surface area contributed by atoms with E-state index < -0.39 is 24.0 Å². The van der Waals surface area contributed by atoms with E-state index in [1.807, 2.05) is 12.1 Å². The van der Waals surface area contributed by atoms with Gasteiger partial charge in [0, 0.05) is 35.7 Å². The van der Waals surface area contributed by atoms with Crippen LogP contribution in [0.3, 0.4) is 0 Å². The number of carboxylic acids is 1. The number of aliphatic carboxylic acids is 1. The van der Waals surface area contributed by atoms with Gasteiger partial charge in [0.1, 0.15) is 12.1 Å². The molecule has 0 radical (unpaired) electrons. The third-order valence-electron chi connectivity index (χ3n) is 6.17. The van der Waals surface area contributed by atoms with Gasteiger partial charge in [-0.15, -0.1) is 0 Å². The number of carbonyl (C=O) groups excluding carboxylic acids is 3. The summed E-state index contributed by atoms with van der Waals surface area (Å²) in [6.45, 7) is 0.214. The number of hydrogen-bond donors (Lipinski definition) is 3. The van der Waals surface area contributed by atoms with Crippen LogP contribution in [0.15, 0.2) is 78.9 Å². The summed E-state index contributed by atoms with van der Waals surface area (Å²) < 4.78 is 0. The summed E-state index contributed by atoms with van der Waals surface area (Å²) in [5, 5.41) is 15.7. The smallest absolute Gasteiger partial charge is 0.326 e. The number of nitrogens with zero attached hydrogens (tertiary/aromatic N) is 1. The molecule has 0 aliphatic carbocycles. The van der Waals surface area contributed by atoms with E-state index in [4.69, 9.17) is 11.6 Å². The molecule has 1 aliphatic heterocycles. The number of amides is 3. The van der Waals surface area contributed by atoms with Crippen LogP contribution in [-0.2, 0) is 27.3 Å². The summed E-state index contributed by atoms with van der Waals surface area (Å²) in [7, 11) is 0. The van der Waals surface area contributed by atoms with Crippen LogP contribution in [0.5, 0.6) is 0 Å². The molecule has 1 heterocycles. The summed E-state index contributed by atoms with van der Waals surface area (Å²) >= 11 is 6.04. The van der Waals surface area contributed by atoms with Crippen molar-refractivity contribution in [2.75, 3.05) is 5.32 Å². The Bertz CT molecular complexity index is 1300. The van der Waals surface area contributed by atoms with Gasteiger partial charge in [0.05, 0.1) is 0 Å². The number of halogens is 1. The predicted octanol–water partition coefficient (Wildman–Crippen LogP) is 3.90. The number of rotatable bonds is 9. The number of likely N-dealkylation sites (tertiary alicyclic amines) is 1. The van der Waals surface area contributed by atoms with Crippen molar-refractivity contribution in [2.24, 2.45) is 0 Å². The molecule has 190 valence electrons. The average molecular weight is 520 g/mol. The van der Waals surface area contributed by atoms with E-state index in [2.05, 4.69) is 10.6 Å². The molecule has 1 saturated heterocycles. The van der Waals surface area contributed by atoms with Gasteiger partial charge in [-0.2, -0.15) is 0 Å². The summed E-state index contributed by atoms with van der Waals surface area (Å²) in [5.74, 6) is -2.11.